The minimum atomic E-state index is -2.26. The van der Waals surface area contributed by atoms with Crippen LogP contribution in [0.15, 0.2) is 71.3 Å². The maximum absolute atomic E-state index is 15.6. The highest BCUT2D eigenvalue weighted by atomic mass is 19.1. The molecular formula is C32H24F2N4O7. The lowest BCUT2D eigenvalue weighted by Crippen LogP contribution is -2.50. The SMILES string of the molecule is C=C(N1Cc2ccc(OC)c(F)c2C1=O)[C@@]1(c2cc3cc4c(c(F)c3o2)C(=O)NC4)NC(=O)N(COCc2ccccc2)C1=O. The Hall–Kier alpha value is -5.56. The lowest BCUT2D eigenvalue weighted by molar-refractivity contribution is -0.135. The van der Waals surface area contributed by atoms with Crippen molar-refractivity contribution in [2.24, 2.45) is 0 Å². The Kier molecular flexibility index (Phi) is 6.44. The van der Waals surface area contributed by atoms with Crippen molar-refractivity contribution < 1.29 is 41.8 Å². The van der Waals surface area contributed by atoms with Gasteiger partial charge in [0.05, 0.1) is 37.1 Å². The summed E-state index contributed by atoms with van der Waals surface area (Å²) in [7, 11) is 1.26. The number of furan rings is 1. The molecule has 3 aliphatic rings. The Labute approximate surface area is 254 Å². The number of imide groups is 1. The van der Waals surface area contributed by atoms with Crippen molar-refractivity contribution in [2.75, 3.05) is 13.8 Å². The molecule has 3 aliphatic heterocycles. The normalized spacial score (nSPS) is 18.8. The van der Waals surface area contributed by atoms with E-state index in [4.69, 9.17) is 13.9 Å². The van der Waals surface area contributed by atoms with E-state index in [0.29, 0.717) is 11.1 Å². The van der Waals surface area contributed by atoms with E-state index < -0.39 is 47.7 Å². The van der Waals surface area contributed by atoms with Crippen molar-refractivity contribution >= 4 is 34.7 Å². The zero-order valence-corrected chi connectivity index (χ0v) is 23.7. The Morgan fingerprint density at radius 3 is 2.56 bits per heavy atom. The third-order valence-corrected chi connectivity index (χ3v) is 8.26. The van der Waals surface area contributed by atoms with E-state index in [2.05, 4.69) is 17.2 Å². The van der Waals surface area contributed by atoms with Gasteiger partial charge in [0, 0.05) is 11.9 Å². The van der Waals surface area contributed by atoms with Gasteiger partial charge in [-0.2, -0.15) is 0 Å². The van der Waals surface area contributed by atoms with Crippen LogP contribution in [0.2, 0.25) is 0 Å². The van der Waals surface area contributed by atoms with E-state index in [1.54, 1.807) is 0 Å². The van der Waals surface area contributed by atoms with Gasteiger partial charge in [-0.1, -0.05) is 43.0 Å². The predicted molar refractivity (Wildman–Crippen MR) is 152 cm³/mol. The average molecular weight is 615 g/mol. The van der Waals surface area contributed by atoms with Crippen LogP contribution in [0.5, 0.6) is 5.75 Å². The summed E-state index contributed by atoms with van der Waals surface area (Å²) in [6.45, 7) is 3.53. The Morgan fingerprint density at radius 1 is 1.02 bits per heavy atom. The van der Waals surface area contributed by atoms with E-state index in [0.717, 1.165) is 15.4 Å². The summed E-state index contributed by atoms with van der Waals surface area (Å²) < 4.78 is 47.4. The molecule has 228 valence electrons. The highest BCUT2D eigenvalue weighted by Gasteiger charge is 2.59. The molecule has 0 unspecified atom stereocenters. The van der Waals surface area contributed by atoms with Crippen LogP contribution in [-0.4, -0.2) is 47.4 Å². The molecule has 2 N–H and O–H groups in total. The van der Waals surface area contributed by atoms with Crippen molar-refractivity contribution in [3.63, 3.8) is 0 Å². The van der Waals surface area contributed by atoms with Gasteiger partial charge in [-0.05, 0) is 34.9 Å². The maximum atomic E-state index is 15.6. The molecule has 45 heavy (non-hydrogen) atoms. The average Bonchev–Trinajstić information content (AvgIpc) is 3.78. The number of methoxy groups -OCH3 is 1. The summed E-state index contributed by atoms with van der Waals surface area (Å²) in [4.78, 5) is 55.4. The van der Waals surface area contributed by atoms with Gasteiger partial charge in [-0.25, -0.2) is 18.5 Å². The van der Waals surface area contributed by atoms with Crippen molar-refractivity contribution in [3.8, 4) is 5.75 Å². The molecule has 4 heterocycles. The molecule has 5 amide bonds. The van der Waals surface area contributed by atoms with Crippen molar-refractivity contribution in [2.45, 2.75) is 25.2 Å². The fraction of sp³-hybridized carbons (Fsp3) is 0.188. The molecule has 7 rings (SSSR count). The summed E-state index contributed by atoms with van der Waals surface area (Å²) >= 11 is 0. The molecule has 0 spiro atoms. The molecule has 1 saturated heterocycles. The van der Waals surface area contributed by atoms with Crippen LogP contribution in [0.4, 0.5) is 13.6 Å². The van der Waals surface area contributed by atoms with Crippen LogP contribution >= 0.6 is 0 Å². The lowest BCUT2D eigenvalue weighted by atomic mass is 9.91. The first-order valence-electron chi connectivity index (χ1n) is 13.8. The highest BCUT2D eigenvalue weighted by molar-refractivity contribution is 6.11. The fourth-order valence-corrected chi connectivity index (χ4v) is 5.97. The molecule has 0 saturated carbocycles. The molecule has 0 radical (unpaired) electrons. The monoisotopic (exact) mass is 614 g/mol. The molecule has 1 atom stereocenters. The van der Waals surface area contributed by atoms with E-state index in [-0.39, 0.29) is 59.0 Å². The van der Waals surface area contributed by atoms with Gasteiger partial charge in [0.2, 0.25) is 5.54 Å². The molecule has 0 aliphatic carbocycles. The van der Waals surface area contributed by atoms with Crippen LogP contribution in [0.3, 0.4) is 0 Å². The van der Waals surface area contributed by atoms with Gasteiger partial charge >= 0.3 is 6.03 Å². The molecule has 11 nitrogen and oxygen atoms in total. The Balaban J connectivity index is 1.30. The number of hydrogen-bond acceptors (Lipinski definition) is 7. The second kappa shape index (κ2) is 10.3. The van der Waals surface area contributed by atoms with Gasteiger partial charge in [0.1, 0.15) is 12.5 Å². The van der Waals surface area contributed by atoms with Gasteiger partial charge < -0.3 is 29.4 Å². The predicted octanol–water partition coefficient (Wildman–Crippen LogP) is 4.05. The third kappa shape index (κ3) is 4.11. The number of carbonyl (C=O) groups is 4. The largest absolute Gasteiger partial charge is 0.494 e. The molecule has 3 aromatic carbocycles. The summed E-state index contributed by atoms with van der Waals surface area (Å²) in [5.74, 6) is -4.62. The zero-order valence-electron chi connectivity index (χ0n) is 23.7. The smallest absolute Gasteiger partial charge is 0.327 e. The number of nitrogens with zero attached hydrogens (tertiary/aromatic N) is 2. The van der Waals surface area contributed by atoms with E-state index in [9.17, 15) is 19.2 Å². The number of benzene rings is 3. The molecule has 1 aromatic heterocycles. The molecular weight excluding hydrogens is 590 g/mol. The molecule has 4 aromatic rings. The summed E-state index contributed by atoms with van der Waals surface area (Å²) in [6.07, 6.45) is 0. The number of ether oxygens (including phenoxy) is 2. The van der Waals surface area contributed by atoms with E-state index in [1.807, 2.05) is 30.3 Å². The Morgan fingerprint density at radius 2 is 1.80 bits per heavy atom. The molecule has 13 heteroatoms. The zero-order chi connectivity index (χ0) is 31.6. The van der Waals surface area contributed by atoms with Gasteiger partial charge in [0.25, 0.3) is 17.7 Å². The first-order chi connectivity index (χ1) is 21.6. The van der Waals surface area contributed by atoms with Gasteiger partial charge in [-0.3, -0.25) is 14.4 Å². The summed E-state index contributed by atoms with van der Waals surface area (Å²) in [5, 5.41) is 5.35. The number of rotatable bonds is 8. The highest BCUT2D eigenvalue weighted by Crippen LogP contribution is 2.44. The van der Waals surface area contributed by atoms with Crippen molar-refractivity contribution in [3.05, 3.63) is 112 Å². The second-order valence-corrected chi connectivity index (χ2v) is 10.8. The number of urea groups is 1. The molecule has 0 bridgehead atoms. The van der Waals surface area contributed by atoms with Gasteiger partial charge in [0.15, 0.2) is 23.0 Å². The van der Waals surface area contributed by atoms with Crippen LogP contribution in [0.1, 0.15) is 43.2 Å². The maximum Gasteiger partial charge on any atom is 0.327 e. The van der Waals surface area contributed by atoms with Crippen LogP contribution in [-0.2, 0) is 34.8 Å². The molecule has 1 fully saturated rings. The topological polar surface area (TPSA) is 130 Å². The first kappa shape index (κ1) is 28.2. The Bertz CT molecular complexity index is 1980. The first-order valence-corrected chi connectivity index (χ1v) is 13.8. The number of hydrogen-bond donors (Lipinski definition) is 2. The van der Waals surface area contributed by atoms with Crippen molar-refractivity contribution in [1.29, 1.82) is 0 Å². The number of nitrogens with one attached hydrogen (secondary N) is 2. The fourth-order valence-electron chi connectivity index (χ4n) is 5.97. The van der Waals surface area contributed by atoms with E-state index in [1.165, 1.54) is 31.4 Å². The van der Waals surface area contributed by atoms with Crippen molar-refractivity contribution in [1.82, 2.24) is 20.4 Å². The summed E-state index contributed by atoms with van der Waals surface area (Å²) in [6, 6.07) is 13.9. The lowest BCUT2D eigenvalue weighted by Gasteiger charge is -2.32. The van der Waals surface area contributed by atoms with Crippen LogP contribution in [0.25, 0.3) is 11.0 Å². The van der Waals surface area contributed by atoms with Crippen LogP contribution in [0, 0.1) is 11.6 Å². The standard InChI is InChI=1S/C32H24F2N4O7/c1-16(37-13-18-8-9-21(43-2)25(33)24(18)29(37)40)32(22-11-19-10-20-12-35-28(39)23(20)26(34)27(19)45-22)30(41)38(31(42)36-32)15-44-14-17-6-4-3-5-7-17/h3-11H,1,12-15H2,2H3,(H,35,39)(H,36,42)/t32-/m0/s1. The summed E-state index contributed by atoms with van der Waals surface area (Å²) in [5.41, 5.74) is -1.85. The minimum absolute atomic E-state index is 0.0797. The minimum Gasteiger partial charge on any atom is -0.494 e. The van der Waals surface area contributed by atoms with Crippen LogP contribution < -0.4 is 15.4 Å². The second-order valence-electron chi connectivity index (χ2n) is 10.8. The number of halogens is 2. The quantitative estimate of drug-likeness (QED) is 0.287. The number of fused-ring (bicyclic) bond motifs is 3. The number of carbonyl (C=O) groups excluding carboxylic acids is 4. The third-order valence-electron chi connectivity index (χ3n) is 8.26. The van der Waals surface area contributed by atoms with E-state index >= 15 is 8.78 Å². The van der Waals surface area contributed by atoms with Gasteiger partial charge in [-0.15, -0.1) is 0 Å². The number of amides is 5.